The van der Waals surface area contributed by atoms with E-state index in [0.29, 0.717) is 6.54 Å². The minimum atomic E-state index is 0.0419. The number of hydrogen-bond donors (Lipinski definition) is 0. The molecular weight excluding hydrogens is 270 g/mol. The van der Waals surface area contributed by atoms with E-state index in [2.05, 4.69) is 35.9 Å². The largest absolute Gasteiger partial charge is 0.308 e. The van der Waals surface area contributed by atoms with Gasteiger partial charge in [0.15, 0.2) is 5.13 Å². The molecule has 0 saturated heterocycles. The molecule has 2 rings (SSSR count). The number of carbonyl (C=O) groups is 1. The molecule has 0 saturated carbocycles. The molecule has 0 aliphatic carbocycles. The van der Waals surface area contributed by atoms with Crippen molar-refractivity contribution in [1.29, 1.82) is 0 Å². The van der Waals surface area contributed by atoms with E-state index in [9.17, 15) is 4.79 Å². The number of anilines is 1. The summed E-state index contributed by atoms with van der Waals surface area (Å²) in [7, 11) is 4.01. The van der Waals surface area contributed by atoms with Gasteiger partial charge in [-0.2, -0.15) is 0 Å². The molecule has 1 aromatic carbocycles. The molecule has 108 valence electrons. The monoisotopic (exact) mass is 291 g/mol. The number of rotatable bonds is 4. The zero-order valence-electron chi connectivity index (χ0n) is 12.7. The lowest BCUT2D eigenvalue weighted by atomic mass is 10.1. The average molecular weight is 291 g/mol. The highest BCUT2D eigenvalue weighted by Crippen LogP contribution is 2.31. The Bertz CT molecular complexity index is 633. The van der Waals surface area contributed by atoms with Gasteiger partial charge in [-0.3, -0.25) is 9.69 Å². The minimum Gasteiger partial charge on any atom is -0.308 e. The van der Waals surface area contributed by atoms with Crippen molar-refractivity contribution in [2.24, 2.45) is 0 Å². The molecule has 0 spiro atoms. The van der Waals surface area contributed by atoms with Gasteiger partial charge in [0, 0.05) is 20.0 Å². The van der Waals surface area contributed by atoms with Crippen molar-refractivity contribution in [3.63, 3.8) is 0 Å². The molecule has 20 heavy (non-hydrogen) atoms. The van der Waals surface area contributed by atoms with Crippen LogP contribution in [0.5, 0.6) is 0 Å². The Labute approximate surface area is 124 Å². The Morgan fingerprint density at radius 1 is 1.25 bits per heavy atom. The first-order chi connectivity index (χ1) is 9.38. The summed E-state index contributed by atoms with van der Waals surface area (Å²) >= 11 is 1.59. The summed E-state index contributed by atoms with van der Waals surface area (Å²) in [5, 5.41) is 0.794. The SMILES string of the molecule is CC(=O)N(CCN(C)C)c1nc2c(C)cc(C)cc2s1. The van der Waals surface area contributed by atoms with Crippen LogP contribution in [0.3, 0.4) is 0 Å². The molecule has 0 N–H and O–H groups in total. The van der Waals surface area contributed by atoms with Gasteiger partial charge in [-0.1, -0.05) is 17.4 Å². The fraction of sp³-hybridized carbons (Fsp3) is 0.467. The lowest BCUT2D eigenvalue weighted by molar-refractivity contribution is -0.116. The van der Waals surface area contributed by atoms with Crippen LogP contribution in [0.15, 0.2) is 12.1 Å². The maximum absolute atomic E-state index is 11.9. The van der Waals surface area contributed by atoms with Crippen molar-refractivity contribution < 1.29 is 4.79 Å². The summed E-state index contributed by atoms with van der Waals surface area (Å²) in [6.07, 6.45) is 0. The molecule has 1 aromatic heterocycles. The molecular formula is C15H21N3OS. The molecule has 2 aromatic rings. The van der Waals surface area contributed by atoms with Gasteiger partial charge in [0.2, 0.25) is 5.91 Å². The van der Waals surface area contributed by atoms with Crippen LogP contribution in [-0.4, -0.2) is 43.0 Å². The molecule has 0 fully saturated rings. The second kappa shape index (κ2) is 5.89. The highest BCUT2D eigenvalue weighted by atomic mass is 32.1. The van der Waals surface area contributed by atoms with Gasteiger partial charge in [-0.25, -0.2) is 4.98 Å². The summed E-state index contributed by atoms with van der Waals surface area (Å²) < 4.78 is 1.15. The van der Waals surface area contributed by atoms with E-state index in [1.54, 1.807) is 23.2 Å². The number of aryl methyl sites for hydroxylation is 2. The van der Waals surface area contributed by atoms with E-state index in [1.165, 1.54) is 11.1 Å². The highest BCUT2D eigenvalue weighted by Gasteiger charge is 2.17. The minimum absolute atomic E-state index is 0.0419. The number of amides is 1. The topological polar surface area (TPSA) is 36.4 Å². The smallest absolute Gasteiger partial charge is 0.225 e. The van der Waals surface area contributed by atoms with Crippen molar-refractivity contribution in [1.82, 2.24) is 9.88 Å². The zero-order chi connectivity index (χ0) is 14.9. The van der Waals surface area contributed by atoms with Crippen LogP contribution >= 0.6 is 11.3 Å². The van der Waals surface area contributed by atoms with Gasteiger partial charge in [0.25, 0.3) is 0 Å². The molecule has 1 amide bonds. The van der Waals surface area contributed by atoms with Gasteiger partial charge >= 0.3 is 0 Å². The fourth-order valence-corrected chi connectivity index (χ4v) is 3.37. The van der Waals surface area contributed by atoms with Gasteiger partial charge in [0.05, 0.1) is 10.2 Å². The first-order valence-electron chi connectivity index (χ1n) is 6.69. The molecule has 0 atom stereocenters. The van der Waals surface area contributed by atoms with Gasteiger partial charge in [-0.15, -0.1) is 0 Å². The number of carbonyl (C=O) groups excluding carboxylic acids is 1. The average Bonchev–Trinajstić information content (AvgIpc) is 2.72. The van der Waals surface area contributed by atoms with Crippen LogP contribution in [0.4, 0.5) is 5.13 Å². The molecule has 4 nitrogen and oxygen atoms in total. The van der Waals surface area contributed by atoms with E-state index < -0.39 is 0 Å². The maximum Gasteiger partial charge on any atom is 0.225 e. The summed E-state index contributed by atoms with van der Waals surface area (Å²) in [6.45, 7) is 7.24. The van der Waals surface area contributed by atoms with Gasteiger partial charge in [-0.05, 0) is 45.1 Å². The van der Waals surface area contributed by atoms with Crippen LogP contribution in [-0.2, 0) is 4.79 Å². The predicted octanol–water partition coefficient (Wildman–Crippen LogP) is 2.83. The Morgan fingerprint density at radius 3 is 2.55 bits per heavy atom. The molecule has 0 aliphatic heterocycles. The van der Waals surface area contributed by atoms with Gasteiger partial charge < -0.3 is 4.90 Å². The lowest BCUT2D eigenvalue weighted by Gasteiger charge is -2.20. The van der Waals surface area contributed by atoms with Crippen molar-refractivity contribution >= 4 is 32.6 Å². The van der Waals surface area contributed by atoms with E-state index in [-0.39, 0.29) is 5.91 Å². The van der Waals surface area contributed by atoms with Gasteiger partial charge in [0.1, 0.15) is 0 Å². The number of nitrogens with zero attached hydrogens (tertiary/aromatic N) is 3. The lowest BCUT2D eigenvalue weighted by Crippen LogP contribution is -2.35. The second-order valence-electron chi connectivity index (χ2n) is 5.40. The predicted molar refractivity (Wildman–Crippen MR) is 85.7 cm³/mol. The number of hydrogen-bond acceptors (Lipinski definition) is 4. The summed E-state index contributed by atoms with van der Waals surface area (Å²) in [5.41, 5.74) is 3.40. The maximum atomic E-state index is 11.9. The summed E-state index contributed by atoms with van der Waals surface area (Å²) in [6, 6.07) is 4.26. The van der Waals surface area contributed by atoms with Crippen LogP contribution < -0.4 is 4.90 Å². The van der Waals surface area contributed by atoms with Crippen molar-refractivity contribution in [3.8, 4) is 0 Å². The highest BCUT2D eigenvalue weighted by molar-refractivity contribution is 7.22. The van der Waals surface area contributed by atoms with E-state index in [4.69, 9.17) is 0 Å². The fourth-order valence-electron chi connectivity index (χ4n) is 2.16. The van der Waals surface area contributed by atoms with E-state index in [0.717, 1.165) is 21.9 Å². The Morgan fingerprint density at radius 2 is 1.95 bits per heavy atom. The molecule has 5 heteroatoms. The van der Waals surface area contributed by atoms with E-state index in [1.807, 2.05) is 14.1 Å². The van der Waals surface area contributed by atoms with Crippen molar-refractivity contribution in [3.05, 3.63) is 23.3 Å². The van der Waals surface area contributed by atoms with Crippen LogP contribution in [0.25, 0.3) is 10.2 Å². The van der Waals surface area contributed by atoms with Crippen LogP contribution in [0.1, 0.15) is 18.1 Å². The number of benzene rings is 1. The van der Waals surface area contributed by atoms with Crippen molar-refractivity contribution in [2.75, 3.05) is 32.1 Å². The number of aromatic nitrogens is 1. The quantitative estimate of drug-likeness (QED) is 0.869. The molecule has 0 radical (unpaired) electrons. The zero-order valence-corrected chi connectivity index (χ0v) is 13.5. The number of likely N-dealkylation sites (N-methyl/N-ethyl adjacent to an activating group) is 1. The first-order valence-corrected chi connectivity index (χ1v) is 7.50. The van der Waals surface area contributed by atoms with E-state index >= 15 is 0 Å². The third-order valence-corrected chi connectivity index (χ3v) is 4.23. The summed E-state index contributed by atoms with van der Waals surface area (Å²) in [5.74, 6) is 0.0419. The Hall–Kier alpha value is -1.46. The van der Waals surface area contributed by atoms with Crippen LogP contribution in [0, 0.1) is 13.8 Å². The third kappa shape index (κ3) is 3.16. The molecule has 0 aliphatic rings. The first kappa shape index (κ1) is 14.9. The molecule has 0 unspecified atom stereocenters. The number of fused-ring (bicyclic) bond motifs is 1. The Balaban J connectivity index is 2.38. The standard InChI is InChI=1S/C15H21N3OS/c1-10-8-11(2)14-13(9-10)20-15(16-14)18(12(3)19)7-6-17(4)5/h8-9H,6-7H2,1-5H3. The Kier molecular flexibility index (Phi) is 4.40. The second-order valence-corrected chi connectivity index (χ2v) is 6.41. The van der Waals surface area contributed by atoms with Crippen LogP contribution in [0.2, 0.25) is 0 Å². The normalized spacial score (nSPS) is 11.3. The van der Waals surface area contributed by atoms with Crippen molar-refractivity contribution in [2.45, 2.75) is 20.8 Å². The molecule has 0 bridgehead atoms. The number of thiazole rings is 1. The third-order valence-electron chi connectivity index (χ3n) is 3.20. The molecule has 1 heterocycles. The summed E-state index contributed by atoms with van der Waals surface area (Å²) in [4.78, 5) is 20.3.